The number of aliphatic imine (C=N–C) groups is 1. The molecule has 0 aromatic heterocycles. The van der Waals surface area contributed by atoms with Crippen molar-refractivity contribution in [2.45, 2.75) is 13.3 Å². The number of benzene rings is 4. The number of rotatable bonds is 8. The fourth-order valence-corrected chi connectivity index (χ4v) is 4.28. The molecule has 5 nitrogen and oxygen atoms in total. The van der Waals surface area contributed by atoms with Gasteiger partial charge >= 0.3 is 5.97 Å². The highest BCUT2D eigenvalue weighted by atomic mass is 35.5. The molecule has 180 valence electrons. The van der Waals surface area contributed by atoms with E-state index in [4.69, 9.17) is 25.8 Å². The first-order valence-electron chi connectivity index (χ1n) is 11.8. The minimum atomic E-state index is -0.518. The fraction of sp³-hybridized carbons (Fsp3) is 0.133. The van der Waals surface area contributed by atoms with Gasteiger partial charge in [0.2, 0.25) is 5.90 Å². The smallest absolute Gasteiger partial charge is 0.363 e. The van der Waals surface area contributed by atoms with Crippen molar-refractivity contribution in [2.24, 2.45) is 4.99 Å². The van der Waals surface area contributed by atoms with E-state index in [-0.39, 0.29) is 11.6 Å². The summed E-state index contributed by atoms with van der Waals surface area (Å²) in [6.07, 6.45) is 2.38. The van der Waals surface area contributed by atoms with E-state index >= 15 is 0 Å². The van der Waals surface area contributed by atoms with Crippen LogP contribution in [0.1, 0.15) is 23.6 Å². The van der Waals surface area contributed by atoms with Crippen LogP contribution in [0.2, 0.25) is 5.02 Å². The van der Waals surface area contributed by atoms with Gasteiger partial charge in [-0.15, -0.1) is 0 Å². The van der Waals surface area contributed by atoms with Gasteiger partial charge in [-0.1, -0.05) is 72.3 Å². The predicted molar refractivity (Wildman–Crippen MR) is 143 cm³/mol. The van der Waals surface area contributed by atoms with Gasteiger partial charge in [-0.2, -0.15) is 0 Å². The lowest BCUT2D eigenvalue weighted by Gasteiger charge is -2.14. The summed E-state index contributed by atoms with van der Waals surface area (Å²) in [4.78, 5) is 17.0. The van der Waals surface area contributed by atoms with E-state index in [2.05, 4.69) is 17.1 Å². The van der Waals surface area contributed by atoms with E-state index in [0.717, 1.165) is 22.8 Å². The summed E-state index contributed by atoms with van der Waals surface area (Å²) < 4.78 is 17.2. The van der Waals surface area contributed by atoms with Crippen LogP contribution in [0.25, 0.3) is 16.8 Å². The molecule has 0 unspecified atom stereocenters. The van der Waals surface area contributed by atoms with Gasteiger partial charge in [0.05, 0.1) is 18.2 Å². The Morgan fingerprint density at radius 1 is 0.917 bits per heavy atom. The molecule has 0 aliphatic carbocycles. The van der Waals surface area contributed by atoms with Crippen molar-refractivity contribution in [3.63, 3.8) is 0 Å². The topological polar surface area (TPSA) is 57.1 Å². The maximum absolute atomic E-state index is 12.6. The molecule has 0 saturated heterocycles. The number of hydrogen-bond donors (Lipinski definition) is 0. The Kier molecular flexibility index (Phi) is 7.01. The van der Waals surface area contributed by atoms with Crippen molar-refractivity contribution >= 4 is 40.3 Å². The summed E-state index contributed by atoms with van der Waals surface area (Å²) in [5.74, 6) is 0.741. The van der Waals surface area contributed by atoms with Crippen LogP contribution in [-0.4, -0.2) is 25.1 Å². The van der Waals surface area contributed by atoms with Crippen LogP contribution in [0, 0.1) is 0 Å². The highest BCUT2D eigenvalue weighted by molar-refractivity contribution is 6.32. The number of carbonyl (C=O) groups excluding carboxylic acids is 1. The Morgan fingerprint density at radius 3 is 2.50 bits per heavy atom. The zero-order chi connectivity index (χ0) is 24.9. The van der Waals surface area contributed by atoms with Crippen LogP contribution < -0.4 is 9.47 Å². The molecule has 1 heterocycles. The second-order valence-electron chi connectivity index (χ2n) is 8.25. The molecule has 0 spiro atoms. The average molecular weight is 498 g/mol. The van der Waals surface area contributed by atoms with Crippen molar-refractivity contribution in [2.75, 3.05) is 13.2 Å². The lowest BCUT2D eigenvalue weighted by Crippen LogP contribution is -2.05. The van der Waals surface area contributed by atoms with Crippen LogP contribution in [-0.2, 0) is 16.0 Å². The van der Waals surface area contributed by atoms with Crippen LogP contribution in [0.5, 0.6) is 11.5 Å². The maximum atomic E-state index is 12.6. The Balaban J connectivity index is 1.39. The summed E-state index contributed by atoms with van der Waals surface area (Å²) in [6.45, 7) is 2.79. The number of hydrogen-bond acceptors (Lipinski definition) is 5. The minimum absolute atomic E-state index is 0.189. The van der Waals surface area contributed by atoms with Crippen LogP contribution >= 0.6 is 11.6 Å². The van der Waals surface area contributed by atoms with Crippen LogP contribution in [0.15, 0.2) is 95.6 Å². The van der Waals surface area contributed by atoms with E-state index in [0.29, 0.717) is 35.3 Å². The molecule has 0 radical (unpaired) electrons. The van der Waals surface area contributed by atoms with Gasteiger partial charge in [-0.3, -0.25) is 0 Å². The predicted octanol–water partition coefficient (Wildman–Crippen LogP) is 6.86. The summed E-state index contributed by atoms with van der Waals surface area (Å²) in [7, 11) is 0. The molecule has 6 heteroatoms. The number of esters is 1. The summed E-state index contributed by atoms with van der Waals surface area (Å²) >= 11 is 6.57. The number of fused-ring (bicyclic) bond motifs is 1. The maximum Gasteiger partial charge on any atom is 0.363 e. The molecule has 5 rings (SSSR count). The number of nitrogens with zero attached hydrogens (tertiary/aromatic N) is 1. The quantitative estimate of drug-likeness (QED) is 0.197. The molecule has 36 heavy (non-hydrogen) atoms. The second kappa shape index (κ2) is 10.7. The Morgan fingerprint density at radius 2 is 1.69 bits per heavy atom. The third kappa shape index (κ3) is 5.26. The van der Waals surface area contributed by atoms with Crippen molar-refractivity contribution < 1.29 is 19.0 Å². The number of cyclic esters (lactones) is 1. The lowest BCUT2D eigenvalue weighted by molar-refractivity contribution is -0.129. The first-order chi connectivity index (χ1) is 17.6. The van der Waals surface area contributed by atoms with Crippen molar-refractivity contribution in [1.82, 2.24) is 0 Å². The van der Waals surface area contributed by atoms with Gasteiger partial charge in [0.1, 0.15) is 0 Å². The highest BCUT2D eigenvalue weighted by Gasteiger charge is 2.25. The summed E-state index contributed by atoms with van der Waals surface area (Å²) in [5, 5.41) is 2.54. The standard InChI is InChI=1S/C30H24ClNO4/c1-2-34-27-18-21(16-25(31)28(27)35-15-14-20-8-4-3-5-9-20)17-26-30(33)36-29(32-26)24-13-12-22-10-6-7-11-23(22)19-24/h3-13,16-19H,2,14-15H2,1H3/b26-17-. The number of carbonyl (C=O) groups is 1. The first kappa shape index (κ1) is 23.6. The monoisotopic (exact) mass is 497 g/mol. The summed E-state index contributed by atoms with van der Waals surface area (Å²) in [6, 6.07) is 27.4. The van der Waals surface area contributed by atoms with Crippen molar-refractivity contribution in [1.29, 1.82) is 0 Å². The van der Waals surface area contributed by atoms with Gasteiger partial charge in [0, 0.05) is 12.0 Å². The third-order valence-corrected chi connectivity index (χ3v) is 6.01. The van der Waals surface area contributed by atoms with Crippen molar-refractivity contribution in [3.05, 3.63) is 112 Å². The van der Waals surface area contributed by atoms with Gasteiger partial charge in [0.15, 0.2) is 17.2 Å². The SMILES string of the molecule is CCOc1cc(/C=C2\N=C(c3ccc4ccccc4c3)OC2=O)cc(Cl)c1OCCc1ccccc1. The van der Waals surface area contributed by atoms with Gasteiger partial charge in [-0.25, -0.2) is 9.79 Å². The van der Waals surface area contributed by atoms with E-state index in [1.807, 2.05) is 67.6 Å². The average Bonchev–Trinajstić information content (AvgIpc) is 3.26. The molecule has 0 fully saturated rings. The fourth-order valence-electron chi connectivity index (χ4n) is 4.00. The normalized spacial score (nSPS) is 14.1. The Hall–Kier alpha value is -4.09. The zero-order valence-corrected chi connectivity index (χ0v) is 20.5. The lowest BCUT2D eigenvalue weighted by atomic mass is 10.1. The summed E-state index contributed by atoms with van der Waals surface area (Å²) in [5.41, 5.74) is 2.76. The molecule has 0 amide bonds. The molecule has 4 aromatic carbocycles. The van der Waals surface area contributed by atoms with E-state index in [1.54, 1.807) is 18.2 Å². The van der Waals surface area contributed by atoms with Crippen LogP contribution in [0.3, 0.4) is 0 Å². The molecule has 0 bridgehead atoms. The van der Waals surface area contributed by atoms with E-state index in [9.17, 15) is 4.79 Å². The minimum Gasteiger partial charge on any atom is -0.490 e. The molecule has 1 aliphatic heterocycles. The van der Waals surface area contributed by atoms with Gasteiger partial charge in [-0.05, 0) is 59.2 Å². The van der Waals surface area contributed by atoms with Gasteiger partial charge < -0.3 is 14.2 Å². The van der Waals surface area contributed by atoms with E-state index < -0.39 is 5.97 Å². The molecule has 0 atom stereocenters. The second-order valence-corrected chi connectivity index (χ2v) is 8.65. The Bertz CT molecular complexity index is 1480. The number of ether oxygens (including phenoxy) is 3. The van der Waals surface area contributed by atoms with Crippen LogP contribution in [0.4, 0.5) is 0 Å². The van der Waals surface area contributed by atoms with Gasteiger partial charge in [0.25, 0.3) is 0 Å². The molecule has 4 aromatic rings. The van der Waals surface area contributed by atoms with Crippen molar-refractivity contribution in [3.8, 4) is 11.5 Å². The molecule has 1 aliphatic rings. The number of halogens is 1. The highest BCUT2D eigenvalue weighted by Crippen LogP contribution is 2.38. The molecular formula is C30H24ClNO4. The third-order valence-electron chi connectivity index (χ3n) is 5.73. The molecule has 0 saturated carbocycles. The molecular weight excluding hydrogens is 474 g/mol. The zero-order valence-electron chi connectivity index (χ0n) is 19.7. The van der Waals surface area contributed by atoms with E-state index in [1.165, 1.54) is 5.56 Å². The Labute approximate surface area is 214 Å². The largest absolute Gasteiger partial charge is 0.490 e. The first-order valence-corrected chi connectivity index (χ1v) is 12.1. The molecule has 0 N–H and O–H groups in total.